The van der Waals surface area contributed by atoms with E-state index < -0.39 is 17.6 Å². The number of hydrogen-bond donors (Lipinski definition) is 1. The van der Waals surface area contributed by atoms with Gasteiger partial charge in [0.05, 0.1) is 18.8 Å². The van der Waals surface area contributed by atoms with Gasteiger partial charge in [-0.2, -0.15) is 13.2 Å². The number of ether oxygens (including phenoxy) is 2. The molecule has 1 fully saturated rings. The van der Waals surface area contributed by atoms with Crippen molar-refractivity contribution >= 4 is 5.91 Å². The number of aromatic nitrogens is 2. The number of halogens is 3. The Hall–Kier alpha value is -3.50. The quantitative estimate of drug-likeness (QED) is 0.579. The van der Waals surface area contributed by atoms with Crippen LogP contribution in [0.25, 0.3) is 11.4 Å². The van der Waals surface area contributed by atoms with Crippen molar-refractivity contribution in [3.63, 3.8) is 0 Å². The van der Waals surface area contributed by atoms with Crippen LogP contribution in [0, 0.1) is 6.92 Å². The van der Waals surface area contributed by atoms with Crippen LogP contribution in [0.1, 0.15) is 27.3 Å². The first-order valence-corrected chi connectivity index (χ1v) is 10.6. The van der Waals surface area contributed by atoms with Crippen molar-refractivity contribution < 1.29 is 27.4 Å². The van der Waals surface area contributed by atoms with Gasteiger partial charge in [-0.1, -0.05) is 0 Å². The Kier molecular flexibility index (Phi) is 6.80. The molecule has 0 aliphatic carbocycles. The molecule has 0 bridgehead atoms. The van der Waals surface area contributed by atoms with Crippen molar-refractivity contribution in [3.8, 4) is 22.9 Å². The van der Waals surface area contributed by atoms with E-state index in [1.807, 2.05) is 4.90 Å². The first-order chi connectivity index (χ1) is 16.2. The number of amides is 1. The average Bonchev–Trinajstić information content (AvgIpc) is 2.80. The van der Waals surface area contributed by atoms with Gasteiger partial charge in [-0.05, 0) is 55.5 Å². The molecule has 34 heavy (non-hydrogen) atoms. The summed E-state index contributed by atoms with van der Waals surface area (Å²) in [7, 11) is 0. The Morgan fingerprint density at radius 2 is 1.79 bits per heavy atom. The van der Waals surface area contributed by atoms with Gasteiger partial charge in [-0.15, -0.1) is 0 Å². The van der Waals surface area contributed by atoms with E-state index in [0.717, 1.165) is 12.1 Å². The van der Waals surface area contributed by atoms with E-state index in [0.29, 0.717) is 67.0 Å². The minimum absolute atomic E-state index is 0.111. The summed E-state index contributed by atoms with van der Waals surface area (Å²) in [4.78, 5) is 22.0. The molecule has 1 aliphatic heterocycles. The summed E-state index contributed by atoms with van der Waals surface area (Å²) in [5.41, 5.74) is 6.39. The van der Waals surface area contributed by atoms with Crippen LogP contribution in [0.2, 0.25) is 0 Å². The van der Waals surface area contributed by atoms with Crippen LogP contribution in [0.3, 0.4) is 0 Å². The highest BCUT2D eigenvalue weighted by molar-refractivity contribution is 5.91. The Bertz CT molecular complexity index is 1180. The van der Waals surface area contributed by atoms with E-state index in [4.69, 9.17) is 15.2 Å². The number of benzene rings is 2. The Labute approximate surface area is 194 Å². The molecule has 4 rings (SSSR count). The molecule has 1 aromatic heterocycles. The number of hydrogen-bond acceptors (Lipinski definition) is 6. The summed E-state index contributed by atoms with van der Waals surface area (Å²) in [5.74, 6) is 0.467. The fraction of sp³-hybridized carbons (Fsp3) is 0.292. The van der Waals surface area contributed by atoms with Crippen LogP contribution in [0.5, 0.6) is 11.5 Å². The summed E-state index contributed by atoms with van der Waals surface area (Å²) < 4.78 is 51.2. The molecule has 1 aliphatic rings. The molecular weight excluding hydrogens is 449 g/mol. The second-order valence-electron chi connectivity index (χ2n) is 7.92. The molecule has 178 valence electrons. The molecule has 7 nitrogen and oxygen atoms in total. The molecule has 2 N–H and O–H groups in total. The standard InChI is InChI=1S/C24H23F3N4O3/c1-15-12-20(22(28)32)30-23(29-15)16-2-5-19(6-3-16)34-21-7-4-18(24(25,26)27)13-17(21)14-31-8-10-33-11-9-31/h2-7,12-13H,8-11,14H2,1H3,(H2,28,32). The zero-order chi connectivity index (χ0) is 24.3. The molecule has 0 unspecified atom stereocenters. The van der Waals surface area contributed by atoms with Crippen LogP contribution in [-0.2, 0) is 17.5 Å². The fourth-order valence-electron chi connectivity index (χ4n) is 3.60. The SMILES string of the molecule is Cc1cc(C(N)=O)nc(-c2ccc(Oc3ccc(C(F)(F)F)cc3CN3CCOCC3)cc2)n1. The van der Waals surface area contributed by atoms with Crippen LogP contribution in [0.15, 0.2) is 48.5 Å². The lowest BCUT2D eigenvalue weighted by molar-refractivity contribution is -0.137. The predicted molar refractivity (Wildman–Crippen MR) is 118 cm³/mol. The third kappa shape index (κ3) is 5.70. The average molecular weight is 472 g/mol. The molecule has 0 radical (unpaired) electrons. The first-order valence-electron chi connectivity index (χ1n) is 10.6. The van der Waals surface area contributed by atoms with Gasteiger partial charge in [0.15, 0.2) is 5.82 Å². The van der Waals surface area contributed by atoms with Crippen LogP contribution >= 0.6 is 0 Å². The Balaban J connectivity index is 1.59. The van der Waals surface area contributed by atoms with Gasteiger partial charge >= 0.3 is 6.18 Å². The molecule has 3 aromatic rings. The highest BCUT2D eigenvalue weighted by atomic mass is 19.4. The third-order valence-electron chi connectivity index (χ3n) is 5.33. The minimum atomic E-state index is -4.45. The summed E-state index contributed by atoms with van der Waals surface area (Å²) in [6, 6.07) is 11.7. The van der Waals surface area contributed by atoms with Crippen LogP contribution in [0.4, 0.5) is 13.2 Å². The second kappa shape index (κ2) is 9.78. The zero-order valence-corrected chi connectivity index (χ0v) is 18.4. The number of carbonyl (C=O) groups excluding carboxylic acids is 1. The first kappa shape index (κ1) is 23.7. The number of morpholine rings is 1. The maximum atomic E-state index is 13.3. The smallest absolute Gasteiger partial charge is 0.416 e. The van der Waals surface area contributed by atoms with E-state index in [1.54, 1.807) is 31.2 Å². The molecule has 1 amide bonds. The van der Waals surface area contributed by atoms with Crippen LogP contribution in [-0.4, -0.2) is 47.1 Å². The van der Waals surface area contributed by atoms with Gasteiger partial charge in [0.1, 0.15) is 17.2 Å². The van der Waals surface area contributed by atoms with Gasteiger partial charge in [0.25, 0.3) is 5.91 Å². The highest BCUT2D eigenvalue weighted by Gasteiger charge is 2.31. The van der Waals surface area contributed by atoms with Crippen LogP contribution < -0.4 is 10.5 Å². The van der Waals surface area contributed by atoms with E-state index in [2.05, 4.69) is 9.97 Å². The largest absolute Gasteiger partial charge is 0.457 e. The zero-order valence-electron chi connectivity index (χ0n) is 18.4. The Morgan fingerprint density at radius 3 is 2.44 bits per heavy atom. The lowest BCUT2D eigenvalue weighted by Gasteiger charge is -2.27. The lowest BCUT2D eigenvalue weighted by Crippen LogP contribution is -2.35. The van der Waals surface area contributed by atoms with E-state index in [-0.39, 0.29) is 5.69 Å². The van der Waals surface area contributed by atoms with Crippen molar-refractivity contribution in [2.75, 3.05) is 26.3 Å². The van der Waals surface area contributed by atoms with E-state index >= 15 is 0 Å². The normalized spacial score (nSPS) is 14.7. The van der Waals surface area contributed by atoms with Gasteiger partial charge in [0, 0.05) is 36.5 Å². The number of rotatable bonds is 6. The van der Waals surface area contributed by atoms with Gasteiger partial charge in [-0.25, -0.2) is 9.97 Å². The number of primary amides is 1. The summed E-state index contributed by atoms with van der Waals surface area (Å²) in [6.45, 7) is 4.38. The number of alkyl halides is 3. The third-order valence-corrected chi connectivity index (χ3v) is 5.33. The van der Waals surface area contributed by atoms with Gasteiger partial charge < -0.3 is 15.2 Å². The Morgan fingerprint density at radius 1 is 1.09 bits per heavy atom. The van der Waals surface area contributed by atoms with Crippen molar-refractivity contribution in [1.82, 2.24) is 14.9 Å². The molecule has 1 saturated heterocycles. The minimum Gasteiger partial charge on any atom is -0.457 e. The monoisotopic (exact) mass is 472 g/mol. The van der Waals surface area contributed by atoms with E-state index in [1.165, 1.54) is 12.1 Å². The molecule has 2 heterocycles. The summed E-state index contributed by atoms with van der Waals surface area (Å²) in [5, 5.41) is 0. The molecule has 10 heteroatoms. The van der Waals surface area contributed by atoms with E-state index in [9.17, 15) is 18.0 Å². The fourth-order valence-corrected chi connectivity index (χ4v) is 3.60. The number of nitrogens with zero attached hydrogens (tertiary/aromatic N) is 3. The lowest BCUT2D eigenvalue weighted by atomic mass is 10.1. The summed E-state index contributed by atoms with van der Waals surface area (Å²) in [6.07, 6.45) is -4.45. The molecule has 0 atom stereocenters. The van der Waals surface area contributed by atoms with Gasteiger partial charge in [0.2, 0.25) is 0 Å². The number of nitrogens with two attached hydrogens (primary N) is 1. The van der Waals surface area contributed by atoms with Gasteiger partial charge in [-0.3, -0.25) is 9.69 Å². The molecule has 0 saturated carbocycles. The second-order valence-corrected chi connectivity index (χ2v) is 7.92. The molecule has 0 spiro atoms. The van der Waals surface area contributed by atoms with Crippen molar-refractivity contribution in [3.05, 3.63) is 71.0 Å². The number of aryl methyl sites for hydroxylation is 1. The van der Waals surface area contributed by atoms with Crippen molar-refractivity contribution in [2.45, 2.75) is 19.6 Å². The topological polar surface area (TPSA) is 90.6 Å². The maximum absolute atomic E-state index is 13.3. The predicted octanol–water partition coefficient (Wildman–Crippen LogP) is 4.19. The molecular formula is C24H23F3N4O3. The highest BCUT2D eigenvalue weighted by Crippen LogP contribution is 2.35. The summed E-state index contributed by atoms with van der Waals surface area (Å²) >= 11 is 0. The molecule has 2 aromatic carbocycles. The maximum Gasteiger partial charge on any atom is 0.416 e. The van der Waals surface area contributed by atoms with Crippen molar-refractivity contribution in [1.29, 1.82) is 0 Å². The number of carbonyl (C=O) groups is 1. The van der Waals surface area contributed by atoms with Crippen molar-refractivity contribution in [2.24, 2.45) is 5.73 Å².